The van der Waals surface area contributed by atoms with Crippen LogP contribution < -0.4 is 0 Å². The van der Waals surface area contributed by atoms with E-state index < -0.39 is 11.2 Å². The summed E-state index contributed by atoms with van der Waals surface area (Å²) < 4.78 is 6.20. The van der Waals surface area contributed by atoms with Crippen molar-refractivity contribution in [3.63, 3.8) is 0 Å². The van der Waals surface area contributed by atoms with Gasteiger partial charge in [0.25, 0.3) is 0 Å². The molecule has 0 saturated carbocycles. The zero-order valence-electron chi connectivity index (χ0n) is 15.4. The fourth-order valence-electron chi connectivity index (χ4n) is 3.64. The minimum Gasteiger partial charge on any atom is -0.387 e. The molecule has 0 aliphatic carbocycles. The molecule has 0 unspecified atom stereocenters. The molecule has 0 aromatic rings. The average molecular weight is 322 g/mol. The molecule has 2 aliphatic rings. The Morgan fingerprint density at radius 1 is 1.04 bits per heavy atom. The van der Waals surface area contributed by atoms with E-state index in [4.69, 9.17) is 4.74 Å². The third kappa shape index (κ3) is 4.91. The van der Waals surface area contributed by atoms with Crippen LogP contribution in [0.1, 0.15) is 66.7 Å². The second-order valence-electron chi connectivity index (χ2n) is 8.58. The Balaban J connectivity index is 2.27. The van der Waals surface area contributed by atoms with Gasteiger partial charge in [0, 0.05) is 0 Å². The maximum Gasteiger partial charge on any atom is 0.0880 e. The highest BCUT2D eigenvalue weighted by molar-refractivity contribution is 5.11. The number of ether oxygens (including phenoxy) is 1. The van der Waals surface area contributed by atoms with Crippen LogP contribution in [0, 0.1) is 11.8 Å². The molecule has 0 aromatic carbocycles. The van der Waals surface area contributed by atoms with Crippen molar-refractivity contribution in [3.8, 4) is 0 Å². The molecule has 2 N–H and O–H groups in total. The van der Waals surface area contributed by atoms with Crippen molar-refractivity contribution in [2.75, 3.05) is 0 Å². The summed E-state index contributed by atoms with van der Waals surface area (Å²) in [5, 5.41) is 21.5. The van der Waals surface area contributed by atoms with E-state index in [9.17, 15) is 10.2 Å². The second-order valence-corrected chi connectivity index (χ2v) is 8.58. The van der Waals surface area contributed by atoms with E-state index in [1.165, 1.54) is 0 Å². The molecular weight excluding hydrogens is 288 g/mol. The van der Waals surface area contributed by atoms with Crippen molar-refractivity contribution in [2.24, 2.45) is 11.8 Å². The number of hydrogen-bond acceptors (Lipinski definition) is 3. The topological polar surface area (TPSA) is 49.7 Å². The van der Waals surface area contributed by atoms with Gasteiger partial charge in [0.05, 0.1) is 22.9 Å². The van der Waals surface area contributed by atoms with Gasteiger partial charge >= 0.3 is 0 Å². The highest BCUT2D eigenvalue weighted by Crippen LogP contribution is 2.39. The summed E-state index contributed by atoms with van der Waals surface area (Å²) in [4.78, 5) is 0. The van der Waals surface area contributed by atoms with Crippen LogP contribution in [0.2, 0.25) is 0 Å². The predicted octanol–water partition coefficient (Wildman–Crippen LogP) is 3.99. The Morgan fingerprint density at radius 3 is 2.39 bits per heavy atom. The Kier molecular flexibility index (Phi) is 5.44. The molecule has 1 saturated heterocycles. The Hall–Kier alpha value is -0.640. The summed E-state index contributed by atoms with van der Waals surface area (Å²) in [6, 6.07) is 0. The predicted molar refractivity (Wildman–Crippen MR) is 94.2 cm³/mol. The smallest absolute Gasteiger partial charge is 0.0880 e. The van der Waals surface area contributed by atoms with Crippen LogP contribution in [0.5, 0.6) is 0 Å². The maximum atomic E-state index is 10.9. The Bertz CT molecular complexity index is 462. The summed E-state index contributed by atoms with van der Waals surface area (Å²) in [7, 11) is 0. The van der Waals surface area contributed by atoms with E-state index in [-0.39, 0.29) is 11.7 Å². The van der Waals surface area contributed by atoms with Gasteiger partial charge in [0.15, 0.2) is 0 Å². The molecule has 2 heterocycles. The lowest BCUT2D eigenvalue weighted by atomic mass is 9.82. The first-order chi connectivity index (χ1) is 10.5. The highest BCUT2D eigenvalue weighted by atomic mass is 16.5. The van der Waals surface area contributed by atoms with Gasteiger partial charge in [0.2, 0.25) is 0 Å². The van der Waals surface area contributed by atoms with E-state index in [2.05, 4.69) is 32.9 Å². The van der Waals surface area contributed by atoms with Crippen LogP contribution in [0.25, 0.3) is 0 Å². The normalized spacial score (nSPS) is 48.3. The van der Waals surface area contributed by atoms with E-state index >= 15 is 0 Å². The van der Waals surface area contributed by atoms with Crippen LogP contribution in [0.15, 0.2) is 24.3 Å². The number of rotatable bonds is 1. The van der Waals surface area contributed by atoms with Crippen LogP contribution >= 0.6 is 0 Å². The molecule has 0 radical (unpaired) electrons. The molecule has 2 bridgehead atoms. The second kappa shape index (κ2) is 6.70. The summed E-state index contributed by atoms with van der Waals surface area (Å²) in [6.07, 6.45) is 12.0. The molecule has 3 heteroatoms. The van der Waals surface area contributed by atoms with Crippen molar-refractivity contribution in [1.82, 2.24) is 0 Å². The Morgan fingerprint density at radius 2 is 1.74 bits per heavy atom. The minimum atomic E-state index is -0.839. The lowest BCUT2D eigenvalue weighted by Crippen LogP contribution is -2.41. The lowest BCUT2D eigenvalue weighted by molar-refractivity contribution is -0.114. The standard InChI is InChI=1S/C20H34O3/c1-15(2)16-7-12-18(3,21)10-6-11-19(4)13-9-17(23-19)20(5,22)14-8-16/h6-7,11-12,15-17,21-22H,8-10,13-14H2,1-5H3/b11-6-,12-7+/t16-,17-,18-,19-,20+/m0/s1. The van der Waals surface area contributed by atoms with E-state index in [0.717, 1.165) is 19.3 Å². The fourth-order valence-corrected chi connectivity index (χ4v) is 3.64. The largest absolute Gasteiger partial charge is 0.387 e. The van der Waals surface area contributed by atoms with E-state index in [1.54, 1.807) is 0 Å². The van der Waals surface area contributed by atoms with Gasteiger partial charge < -0.3 is 14.9 Å². The zero-order chi connectivity index (χ0) is 17.3. The van der Waals surface area contributed by atoms with Crippen molar-refractivity contribution in [1.29, 1.82) is 0 Å². The van der Waals surface area contributed by atoms with Crippen LogP contribution in [0.3, 0.4) is 0 Å². The Labute approximate surface area is 141 Å². The first kappa shape index (κ1) is 18.7. The summed E-state index contributed by atoms with van der Waals surface area (Å²) in [5.41, 5.74) is -1.97. The molecular formula is C20H34O3. The van der Waals surface area contributed by atoms with Gasteiger partial charge in [-0.15, -0.1) is 0 Å². The van der Waals surface area contributed by atoms with Gasteiger partial charge in [-0.1, -0.05) is 38.2 Å². The van der Waals surface area contributed by atoms with Gasteiger partial charge in [-0.2, -0.15) is 0 Å². The third-order valence-electron chi connectivity index (χ3n) is 5.55. The molecule has 2 rings (SSSR count). The monoisotopic (exact) mass is 322 g/mol. The average Bonchev–Trinajstić information content (AvgIpc) is 2.80. The molecule has 0 aromatic heterocycles. The quantitative estimate of drug-likeness (QED) is 0.718. The summed E-state index contributed by atoms with van der Waals surface area (Å²) in [5.74, 6) is 0.832. The van der Waals surface area contributed by atoms with Crippen molar-refractivity contribution in [3.05, 3.63) is 24.3 Å². The van der Waals surface area contributed by atoms with E-state index in [0.29, 0.717) is 24.7 Å². The SMILES string of the molecule is CC(C)[C@H]1/C=C/[C@@](C)(O)C/C=C\[C@@]2(C)CC[C@H](O2)[C@](C)(O)CC1. The molecule has 23 heavy (non-hydrogen) atoms. The van der Waals surface area contributed by atoms with Crippen molar-refractivity contribution >= 4 is 0 Å². The number of hydrogen-bond donors (Lipinski definition) is 2. The first-order valence-corrected chi connectivity index (χ1v) is 9.03. The number of allylic oxidation sites excluding steroid dienone is 1. The van der Waals surface area contributed by atoms with E-state index in [1.807, 2.05) is 26.0 Å². The van der Waals surface area contributed by atoms with Gasteiger partial charge in [0.1, 0.15) is 0 Å². The summed E-state index contributed by atoms with van der Waals surface area (Å²) in [6.45, 7) is 10.2. The molecule has 132 valence electrons. The molecule has 0 amide bonds. The van der Waals surface area contributed by atoms with Gasteiger partial charge in [-0.3, -0.25) is 0 Å². The minimum absolute atomic E-state index is 0.116. The van der Waals surface area contributed by atoms with Crippen molar-refractivity contribution in [2.45, 2.75) is 89.6 Å². The van der Waals surface area contributed by atoms with Crippen LogP contribution in [-0.2, 0) is 4.74 Å². The molecule has 5 atom stereocenters. The molecule has 2 aliphatic heterocycles. The first-order valence-electron chi connectivity index (χ1n) is 9.03. The molecule has 1 fully saturated rings. The maximum absolute atomic E-state index is 10.9. The van der Waals surface area contributed by atoms with Crippen LogP contribution in [0.4, 0.5) is 0 Å². The number of fused-ring (bicyclic) bond motifs is 2. The van der Waals surface area contributed by atoms with Gasteiger partial charge in [-0.05, 0) is 64.7 Å². The lowest BCUT2D eigenvalue weighted by Gasteiger charge is -2.33. The number of aliphatic hydroxyl groups is 2. The highest BCUT2D eigenvalue weighted by Gasteiger charge is 2.43. The third-order valence-corrected chi connectivity index (χ3v) is 5.55. The van der Waals surface area contributed by atoms with Gasteiger partial charge in [-0.25, -0.2) is 0 Å². The van der Waals surface area contributed by atoms with Crippen LogP contribution in [-0.4, -0.2) is 33.1 Å². The molecule has 0 spiro atoms. The molecule has 3 nitrogen and oxygen atoms in total. The van der Waals surface area contributed by atoms with Crippen molar-refractivity contribution < 1.29 is 14.9 Å². The fraction of sp³-hybridized carbons (Fsp3) is 0.800. The summed E-state index contributed by atoms with van der Waals surface area (Å²) >= 11 is 0. The zero-order valence-corrected chi connectivity index (χ0v) is 15.4.